The molecule has 0 fully saturated rings. The molecule has 0 aliphatic rings. The molecule has 52 heavy (non-hydrogen) atoms. The Morgan fingerprint density at radius 1 is 0.385 bits per heavy atom. The molecule has 0 saturated carbocycles. The highest BCUT2D eigenvalue weighted by molar-refractivity contribution is 7.26. The third-order valence-corrected chi connectivity index (χ3v) is 13.2. The quantitative estimate of drug-likeness (QED) is 0.185. The zero-order valence-electron chi connectivity index (χ0n) is 27.3. The molecular weight excluding hydrogens is 675 g/mol. The maximum atomic E-state index is 5.40. The molecule has 0 unspecified atom stereocenters. The molecule has 13 aromatic rings. The van der Waals surface area contributed by atoms with Gasteiger partial charge in [0.25, 0.3) is 0 Å². The van der Waals surface area contributed by atoms with E-state index in [1.54, 1.807) is 0 Å². The molecule has 0 radical (unpaired) electrons. The maximum absolute atomic E-state index is 5.40. The van der Waals surface area contributed by atoms with Crippen molar-refractivity contribution in [1.82, 2.24) is 23.9 Å². The molecule has 0 saturated heterocycles. The number of rotatable bonds is 3. The van der Waals surface area contributed by atoms with Crippen LogP contribution in [-0.4, -0.2) is 23.9 Å². The van der Waals surface area contributed by atoms with Crippen molar-refractivity contribution in [3.8, 4) is 28.7 Å². The Morgan fingerprint density at radius 3 is 2.00 bits per heavy atom. The molecule has 0 aliphatic heterocycles. The van der Waals surface area contributed by atoms with Crippen LogP contribution in [0, 0.1) is 0 Å². The van der Waals surface area contributed by atoms with Crippen LogP contribution < -0.4 is 0 Å². The lowest BCUT2D eigenvalue weighted by molar-refractivity contribution is 0.954. The molecule has 7 heteroatoms. The maximum Gasteiger partial charge on any atom is 0.238 e. The van der Waals surface area contributed by atoms with Crippen molar-refractivity contribution in [3.63, 3.8) is 0 Å². The summed E-state index contributed by atoms with van der Waals surface area (Å²) in [5, 5.41) is 10.1. The summed E-state index contributed by atoms with van der Waals surface area (Å²) in [5.41, 5.74) is 7.82. The largest absolute Gasteiger partial charge is 0.308 e. The van der Waals surface area contributed by atoms with Crippen molar-refractivity contribution in [2.45, 2.75) is 0 Å². The normalized spacial score (nSPS) is 12.6. The Bertz CT molecular complexity index is 3590. The first kappa shape index (κ1) is 27.3. The number of thiophene rings is 2. The van der Waals surface area contributed by atoms with Crippen LogP contribution in [0.1, 0.15) is 0 Å². The Kier molecular flexibility index (Phi) is 5.08. The fraction of sp³-hybridized carbons (Fsp3) is 0. The number of hydrogen-bond acceptors (Lipinski definition) is 5. The van der Waals surface area contributed by atoms with Crippen LogP contribution in [0.15, 0.2) is 140 Å². The van der Waals surface area contributed by atoms with Gasteiger partial charge in [-0.1, -0.05) is 91.0 Å². The molecule has 0 N–H and O–H groups in total. The van der Waals surface area contributed by atoms with Crippen molar-refractivity contribution in [2.75, 3.05) is 0 Å². The van der Waals surface area contributed by atoms with E-state index in [9.17, 15) is 0 Å². The van der Waals surface area contributed by atoms with Crippen LogP contribution in [0.3, 0.4) is 0 Å². The van der Waals surface area contributed by atoms with Crippen molar-refractivity contribution in [2.24, 2.45) is 0 Å². The van der Waals surface area contributed by atoms with Crippen LogP contribution in [0.2, 0.25) is 0 Å². The van der Waals surface area contributed by atoms with Gasteiger partial charge in [0, 0.05) is 73.0 Å². The van der Waals surface area contributed by atoms with Crippen molar-refractivity contribution < 1.29 is 0 Å². The molecule has 6 heterocycles. The highest BCUT2D eigenvalue weighted by Gasteiger charge is 2.27. The minimum atomic E-state index is 0.611. The van der Waals surface area contributed by atoms with Gasteiger partial charge in [-0.05, 0) is 48.5 Å². The lowest BCUT2D eigenvalue weighted by Crippen LogP contribution is -2.06. The van der Waals surface area contributed by atoms with E-state index in [0.717, 1.165) is 22.2 Å². The molecule has 5 nitrogen and oxygen atoms in total. The lowest BCUT2D eigenvalue weighted by Gasteiger charge is -2.12. The standard InChI is InChI=1S/C45H23N5S2/c1-2-10-24(11-3-1)43-46-44(28-14-8-19-34-37(28)27-13-5-7-18-33(27)51-34)48-45(47-43)50-31-17-9-16-30-38(31)39-32(50)21-23-35-40(39)41-36(52-35)22-20-26-25-12-4-6-15-29(25)49(30)42(26)41/h1-23H. The second-order valence-electron chi connectivity index (χ2n) is 13.6. The highest BCUT2D eigenvalue weighted by Crippen LogP contribution is 2.50. The third kappa shape index (κ3) is 3.35. The average molecular weight is 698 g/mol. The fourth-order valence-corrected chi connectivity index (χ4v) is 11.1. The highest BCUT2D eigenvalue weighted by atomic mass is 32.1. The molecular formula is C45H23N5S2. The number of hydrogen-bond donors (Lipinski definition) is 0. The van der Waals surface area contributed by atoms with Gasteiger partial charge in [-0.15, -0.1) is 22.7 Å². The summed E-state index contributed by atoms with van der Waals surface area (Å²) in [5.74, 6) is 1.93. The van der Waals surface area contributed by atoms with Crippen LogP contribution >= 0.6 is 22.7 Å². The fourth-order valence-electron chi connectivity index (χ4n) is 8.84. The summed E-state index contributed by atoms with van der Waals surface area (Å²) in [6.07, 6.45) is 0. The van der Waals surface area contributed by atoms with Gasteiger partial charge in [0.2, 0.25) is 5.95 Å². The second kappa shape index (κ2) is 9.67. The average Bonchev–Trinajstić information content (AvgIpc) is 3.93. The third-order valence-electron chi connectivity index (χ3n) is 10.9. The molecule has 0 amide bonds. The van der Waals surface area contributed by atoms with Gasteiger partial charge < -0.3 is 4.40 Å². The first-order chi connectivity index (χ1) is 25.8. The molecule has 6 aromatic heterocycles. The smallest absolute Gasteiger partial charge is 0.238 e. The number of aromatic nitrogens is 5. The molecule has 240 valence electrons. The van der Waals surface area contributed by atoms with E-state index >= 15 is 0 Å². The van der Waals surface area contributed by atoms with E-state index in [-0.39, 0.29) is 0 Å². The number of benzene rings is 7. The van der Waals surface area contributed by atoms with Crippen LogP contribution in [-0.2, 0) is 0 Å². The molecule has 13 rings (SSSR count). The minimum absolute atomic E-state index is 0.611. The zero-order valence-corrected chi connectivity index (χ0v) is 29.0. The van der Waals surface area contributed by atoms with Crippen LogP contribution in [0.4, 0.5) is 0 Å². The van der Waals surface area contributed by atoms with Crippen LogP contribution in [0.25, 0.3) is 118 Å². The first-order valence-electron chi connectivity index (χ1n) is 17.4. The minimum Gasteiger partial charge on any atom is -0.308 e. The van der Waals surface area contributed by atoms with E-state index in [1.807, 2.05) is 40.9 Å². The predicted octanol–water partition coefficient (Wildman–Crippen LogP) is 12.5. The van der Waals surface area contributed by atoms with Gasteiger partial charge in [-0.25, -0.2) is 4.98 Å². The second-order valence-corrected chi connectivity index (χ2v) is 15.7. The lowest BCUT2D eigenvalue weighted by atomic mass is 10.0. The summed E-state index contributed by atoms with van der Waals surface area (Å²) < 4.78 is 9.85. The number of para-hydroxylation sites is 1. The van der Waals surface area contributed by atoms with E-state index in [4.69, 9.17) is 15.0 Å². The molecule has 0 bridgehead atoms. The van der Waals surface area contributed by atoms with E-state index in [2.05, 4.69) is 130 Å². The van der Waals surface area contributed by atoms with E-state index in [1.165, 1.54) is 78.4 Å². The monoisotopic (exact) mass is 697 g/mol. The van der Waals surface area contributed by atoms with Gasteiger partial charge in [0.15, 0.2) is 11.6 Å². The van der Waals surface area contributed by atoms with E-state index in [0.29, 0.717) is 17.6 Å². The number of nitrogens with zero attached hydrogens (tertiary/aromatic N) is 5. The molecule has 7 aromatic carbocycles. The van der Waals surface area contributed by atoms with Crippen molar-refractivity contribution in [1.29, 1.82) is 0 Å². The summed E-state index contributed by atoms with van der Waals surface area (Å²) in [6, 6.07) is 50.1. The zero-order chi connectivity index (χ0) is 33.7. The van der Waals surface area contributed by atoms with E-state index < -0.39 is 0 Å². The Balaban J connectivity index is 1.21. The van der Waals surface area contributed by atoms with Crippen molar-refractivity contribution >= 4 is 112 Å². The summed E-state index contributed by atoms with van der Waals surface area (Å²) in [7, 11) is 0. The van der Waals surface area contributed by atoms with Gasteiger partial charge in [0.1, 0.15) is 0 Å². The number of fused-ring (bicyclic) bond motifs is 7. The summed E-state index contributed by atoms with van der Waals surface area (Å²) >= 11 is 3.69. The SMILES string of the molecule is c1ccc(-c2nc(-c3cccc4sc5ccccc5c34)nc(-n3c4ccc5sc6ccc7c8ccccc8n8c9cccc3c9c4c5c6c78)n2)cc1. The summed E-state index contributed by atoms with van der Waals surface area (Å²) in [6.45, 7) is 0. The molecule has 0 atom stereocenters. The first-order valence-corrected chi connectivity index (χ1v) is 19.0. The van der Waals surface area contributed by atoms with Gasteiger partial charge in [0.05, 0.1) is 27.6 Å². The Labute approximate surface area is 302 Å². The van der Waals surface area contributed by atoms with Crippen LogP contribution in [0.5, 0.6) is 0 Å². The molecule has 0 spiro atoms. The summed E-state index contributed by atoms with van der Waals surface area (Å²) in [4.78, 5) is 15.9. The van der Waals surface area contributed by atoms with Gasteiger partial charge in [-0.3, -0.25) is 4.57 Å². The topological polar surface area (TPSA) is 48.0 Å². The van der Waals surface area contributed by atoms with Crippen molar-refractivity contribution in [3.05, 3.63) is 140 Å². The van der Waals surface area contributed by atoms with Gasteiger partial charge >= 0.3 is 0 Å². The Hall–Kier alpha value is -6.41. The molecule has 0 aliphatic carbocycles. The Morgan fingerprint density at radius 2 is 1.06 bits per heavy atom. The predicted molar refractivity (Wildman–Crippen MR) is 219 cm³/mol. The van der Waals surface area contributed by atoms with Gasteiger partial charge in [-0.2, -0.15) is 9.97 Å².